The number of hydrogen-bond acceptors (Lipinski definition) is 6. The Morgan fingerprint density at radius 1 is 1.06 bits per heavy atom. The molecule has 0 fully saturated rings. The van der Waals surface area contributed by atoms with Crippen LogP contribution in [0.25, 0.3) is 16.6 Å². The van der Waals surface area contributed by atoms with Crippen molar-refractivity contribution in [1.82, 2.24) is 9.55 Å². The predicted molar refractivity (Wildman–Crippen MR) is 123 cm³/mol. The molecule has 1 aliphatic rings. The van der Waals surface area contributed by atoms with Crippen molar-refractivity contribution in [2.75, 3.05) is 12.1 Å². The van der Waals surface area contributed by atoms with E-state index in [0.717, 1.165) is 5.69 Å². The second-order valence-corrected chi connectivity index (χ2v) is 7.63. The Morgan fingerprint density at radius 2 is 1.85 bits per heavy atom. The van der Waals surface area contributed by atoms with Crippen LogP contribution in [0, 0.1) is 6.92 Å². The molecule has 1 N–H and O–H groups in total. The van der Waals surface area contributed by atoms with Gasteiger partial charge in [0.15, 0.2) is 17.6 Å². The van der Waals surface area contributed by atoms with E-state index >= 15 is 0 Å². The van der Waals surface area contributed by atoms with Gasteiger partial charge < -0.3 is 19.5 Å². The lowest BCUT2D eigenvalue weighted by Crippen LogP contribution is -2.30. The Kier molecular flexibility index (Phi) is 5.18. The van der Waals surface area contributed by atoms with Crippen LogP contribution in [-0.2, 0) is 4.79 Å². The number of carbonyl (C=O) groups excluding carboxylic acids is 1. The number of nitrogens with one attached hydrogen (secondary N) is 1. The van der Waals surface area contributed by atoms with Gasteiger partial charge in [0.1, 0.15) is 11.6 Å². The van der Waals surface area contributed by atoms with Gasteiger partial charge in [0.25, 0.3) is 11.5 Å². The summed E-state index contributed by atoms with van der Waals surface area (Å²) in [6.07, 6.45) is -0.779. The van der Waals surface area contributed by atoms with Gasteiger partial charge in [0.05, 0.1) is 16.6 Å². The molecular formula is C25H21N3O5. The molecule has 0 saturated heterocycles. The van der Waals surface area contributed by atoms with Crippen LogP contribution in [0.1, 0.15) is 12.7 Å². The van der Waals surface area contributed by atoms with Crippen LogP contribution >= 0.6 is 0 Å². The summed E-state index contributed by atoms with van der Waals surface area (Å²) < 4.78 is 17.9. The number of para-hydroxylation sites is 1. The van der Waals surface area contributed by atoms with E-state index in [9.17, 15) is 9.59 Å². The summed E-state index contributed by atoms with van der Waals surface area (Å²) in [6, 6.07) is 19.5. The Labute approximate surface area is 189 Å². The smallest absolute Gasteiger partial charge is 0.266 e. The SMILES string of the molecule is Cc1nc2ccc(NC(=O)C(C)Oc3ccc4c(c3)OCO4)cc2c(=O)n1-c1ccccc1. The molecule has 1 atom stereocenters. The lowest BCUT2D eigenvalue weighted by Gasteiger charge is -2.16. The van der Waals surface area contributed by atoms with Crippen molar-refractivity contribution in [3.05, 3.63) is 82.9 Å². The number of ether oxygens (including phenoxy) is 3. The van der Waals surface area contributed by atoms with Gasteiger partial charge in [-0.25, -0.2) is 4.98 Å². The summed E-state index contributed by atoms with van der Waals surface area (Å²) in [5.74, 6) is 1.94. The number of amides is 1. The number of aromatic nitrogens is 2. The normalized spacial score (nSPS) is 13.0. The lowest BCUT2D eigenvalue weighted by molar-refractivity contribution is -0.122. The van der Waals surface area contributed by atoms with Crippen molar-refractivity contribution in [2.24, 2.45) is 0 Å². The van der Waals surface area contributed by atoms with E-state index in [-0.39, 0.29) is 18.3 Å². The zero-order valence-corrected chi connectivity index (χ0v) is 18.1. The Morgan fingerprint density at radius 3 is 2.67 bits per heavy atom. The minimum Gasteiger partial charge on any atom is -0.481 e. The van der Waals surface area contributed by atoms with Crippen molar-refractivity contribution in [3.63, 3.8) is 0 Å². The Hall–Kier alpha value is -4.33. The minimum atomic E-state index is -0.779. The van der Waals surface area contributed by atoms with E-state index < -0.39 is 6.10 Å². The van der Waals surface area contributed by atoms with Crippen LogP contribution in [-0.4, -0.2) is 28.4 Å². The number of rotatable bonds is 5. The number of anilines is 1. The van der Waals surface area contributed by atoms with Gasteiger partial charge in [-0.1, -0.05) is 18.2 Å². The highest BCUT2D eigenvalue weighted by molar-refractivity contribution is 5.96. The molecule has 1 aliphatic heterocycles. The molecule has 166 valence electrons. The third-order valence-corrected chi connectivity index (χ3v) is 5.34. The molecule has 2 heterocycles. The van der Waals surface area contributed by atoms with Gasteiger partial charge in [-0.3, -0.25) is 14.2 Å². The standard InChI is InChI=1S/C25H21N3O5/c1-15(33-19-9-11-22-23(13-19)32-14-31-22)24(29)27-17-8-10-21-20(12-17)25(30)28(16(2)26-21)18-6-4-3-5-7-18/h3-13,15H,14H2,1-2H3,(H,27,29). The van der Waals surface area contributed by atoms with Crippen LogP contribution in [0.5, 0.6) is 17.2 Å². The summed E-state index contributed by atoms with van der Waals surface area (Å²) in [7, 11) is 0. The quantitative estimate of drug-likeness (QED) is 0.504. The molecule has 8 heteroatoms. The van der Waals surface area contributed by atoms with Gasteiger partial charge in [-0.2, -0.15) is 0 Å². The number of hydrogen-bond donors (Lipinski definition) is 1. The average molecular weight is 443 g/mol. The second kappa shape index (κ2) is 8.31. The molecule has 0 saturated carbocycles. The van der Waals surface area contributed by atoms with E-state index in [1.807, 2.05) is 30.3 Å². The maximum Gasteiger partial charge on any atom is 0.266 e. The monoisotopic (exact) mass is 443 g/mol. The summed E-state index contributed by atoms with van der Waals surface area (Å²) >= 11 is 0. The van der Waals surface area contributed by atoms with Crippen molar-refractivity contribution >= 4 is 22.5 Å². The van der Waals surface area contributed by atoms with Crippen LogP contribution in [0.2, 0.25) is 0 Å². The van der Waals surface area contributed by atoms with Crippen molar-refractivity contribution < 1.29 is 19.0 Å². The molecule has 1 amide bonds. The van der Waals surface area contributed by atoms with Gasteiger partial charge in [-0.05, 0) is 56.3 Å². The maximum absolute atomic E-state index is 13.2. The fourth-order valence-corrected chi connectivity index (χ4v) is 3.71. The highest BCUT2D eigenvalue weighted by Crippen LogP contribution is 2.35. The first-order chi connectivity index (χ1) is 16.0. The molecule has 8 nitrogen and oxygen atoms in total. The van der Waals surface area contributed by atoms with E-state index in [1.165, 1.54) is 0 Å². The van der Waals surface area contributed by atoms with Gasteiger partial charge in [0, 0.05) is 11.8 Å². The first-order valence-electron chi connectivity index (χ1n) is 10.5. The van der Waals surface area contributed by atoms with E-state index in [2.05, 4.69) is 10.3 Å². The molecule has 0 spiro atoms. The molecule has 4 aromatic rings. The molecule has 0 aliphatic carbocycles. The first-order valence-corrected chi connectivity index (χ1v) is 10.5. The zero-order valence-electron chi connectivity index (χ0n) is 18.1. The van der Waals surface area contributed by atoms with Crippen molar-refractivity contribution in [1.29, 1.82) is 0 Å². The fraction of sp³-hybridized carbons (Fsp3) is 0.160. The van der Waals surface area contributed by atoms with Crippen LogP contribution in [0.15, 0.2) is 71.5 Å². The van der Waals surface area contributed by atoms with E-state index in [0.29, 0.717) is 39.7 Å². The van der Waals surface area contributed by atoms with Crippen molar-refractivity contribution in [2.45, 2.75) is 20.0 Å². The molecule has 33 heavy (non-hydrogen) atoms. The Bertz CT molecular complexity index is 1420. The molecule has 1 unspecified atom stereocenters. The summed E-state index contributed by atoms with van der Waals surface area (Å²) in [6.45, 7) is 3.60. The lowest BCUT2D eigenvalue weighted by atomic mass is 10.2. The number of carbonyl (C=O) groups is 1. The maximum atomic E-state index is 13.2. The summed E-state index contributed by atoms with van der Waals surface area (Å²) in [5.41, 5.74) is 1.57. The second-order valence-electron chi connectivity index (χ2n) is 7.63. The molecule has 1 aromatic heterocycles. The highest BCUT2D eigenvalue weighted by Gasteiger charge is 2.19. The van der Waals surface area contributed by atoms with Gasteiger partial charge in [0.2, 0.25) is 6.79 Å². The van der Waals surface area contributed by atoms with Gasteiger partial charge >= 0.3 is 0 Å². The zero-order chi connectivity index (χ0) is 22.9. The summed E-state index contributed by atoms with van der Waals surface area (Å²) in [5, 5.41) is 3.22. The van der Waals surface area contributed by atoms with E-state index in [1.54, 1.807) is 54.8 Å². The largest absolute Gasteiger partial charge is 0.481 e. The molecule has 0 bridgehead atoms. The first kappa shape index (κ1) is 20.6. The minimum absolute atomic E-state index is 0.164. The highest BCUT2D eigenvalue weighted by atomic mass is 16.7. The molecular weight excluding hydrogens is 422 g/mol. The van der Waals surface area contributed by atoms with Crippen LogP contribution in [0.3, 0.4) is 0 Å². The average Bonchev–Trinajstić information content (AvgIpc) is 3.28. The molecule has 3 aromatic carbocycles. The number of fused-ring (bicyclic) bond motifs is 2. The summed E-state index contributed by atoms with van der Waals surface area (Å²) in [4.78, 5) is 30.5. The predicted octanol–water partition coefficient (Wildman–Crippen LogP) is 3.83. The third kappa shape index (κ3) is 3.98. The molecule has 5 rings (SSSR count). The van der Waals surface area contributed by atoms with Gasteiger partial charge in [-0.15, -0.1) is 0 Å². The fourth-order valence-electron chi connectivity index (χ4n) is 3.71. The number of benzene rings is 3. The molecule has 0 radical (unpaired) electrons. The third-order valence-electron chi connectivity index (χ3n) is 5.34. The number of nitrogens with zero attached hydrogens (tertiary/aromatic N) is 2. The Balaban J connectivity index is 1.38. The van der Waals surface area contributed by atoms with Crippen molar-refractivity contribution in [3.8, 4) is 22.9 Å². The van der Waals surface area contributed by atoms with E-state index in [4.69, 9.17) is 14.2 Å². The number of aryl methyl sites for hydroxylation is 1. The topological polar surface area (TPSA) is 91.7 Å². The van der Waals surface area contributed by atoms with Crippen LogP contribution in [0.4, 0.5) is 5.69 Å². The van der Waals surface area contributed by atoms with Crippen LogP contribution < -0.4 is 25.1 Å².